The van der Waals surface area contributed by atoms with Crippen LogP contribution in [0.1, 0.15) is 207 Å². The van der Waals surface area contributed by atoms with Crippen molar-refractivity contribution in [3.05, 3.63) is 0 Å². The Morgan fingerprint density at radius 2 is 0.609 bits per heavy atom. The van der Waals surface area contributed by atoms with E-state index in [1.807, 2.05) is 13.8 Å². The van der Waals surface area contributed by atoms with Crippen molar-refractivity contribution in [1.82, 2.24) is 0 Å². The number of unbranched alkanes of at least 4 members (excludes halogenated alkanes) is 26. The average molecular weight is 657 g/mol. The van der Waals surface area contributed by atoms with Gasteiger partial charge in [-0.25, -0.2) is 0 Å². The molecule has 0 heterocycles. The molecule has 278 valence electrons. The van der Waals surface area contributed by atoms with Crippen molar-refractivity contribution >= 4 is 0 Å². The summed E-state index contributed by atoms with van der Waals surface area (Å²) < 4.78 is 23.3. The molecule has 0 aromatic rings. The molecule has 0 aliphatic heterocycles. The Kier molecular flexibility index (Phi) is 34.4. The van der Waals surface area contributed by atoms with Gasteiger partial charge in [0.25, 0.3) is 0 Å². The fourth-order valence-corrected chi connectivity index (χ4v) is 5.90. The van der Waals surface area contributed by atoms with Crippen LogP contribution in [0.5, 0.6) is 0 Å². The maximum Gasteiger partial charge on any atom is 0.199 e. The van der Waals surface area contributed by atoms with E-state index in [2.05, 4.69) is 13.8 Å². The summed E-state index contributed by atoms with van der Waals surface area (Å²) in [6.45, 7) is 11.8. The molecule has 0 rings (SSSR count). The Labute approximate surface area is 288 Å². The lowest BCUT2D eigenvalue weighted by atomic mass is 10.0. The van der Waals surface area contributed by atoms with Crippen molar-refractivity contribution < 1.29 is 18.9 Å². The van der Waals surface area contributed by atoms with E-state index >= 15 is 0 Å². The first kappa shape index (κ1) is 45.8. The number of ether oxygens (including phenoxy) is 4. The standard InChI is InChI=1S/C40H84N2O4/c1-5-7-9-11-13-15-17-19-21-23-25-27-29-31-33-43-35-36-44-37-38-45-39(3,4)40(41,42)46-34-32-30-28-26-24-22-20-18-16-14-12-10-8-6-2/h5-38,41-42H2,1-4H3. The molecular formula is C40H84N2O4. The van der Waals surface area contributed by atoms with E-state index in [-0.39, 0.29) is 0 Å². The predicted octanol–water partition coefficient (Wildman–Crippen LogP) is 11.4. The van der Waals surface area contributed by atoms with Crippen LogP contribution >= 0.6 is 0 Å². The lowest BCUT2D eigenvalue weighted by Gasteiger charge is -2.40. The Hall–Kier alpha value is -0.240. The molecular weight excluding hydrogens is 572 g/mol. The topological polar surface area (TPSA) is 89.0 Å². The maximum atomic E-state index is 6.31. The zero-order valence-electron chi connectivity index (χ0n) is 31.8. The van der Waals surface area contributed by atoms with E-state index in [1.165, 1.54) is 161 Å². The Morgan fingerprint density at radius 3 is 0.978 bits per heavy atom. The van der Waals surface area contributed by atoms with Gasteiger partial charge >= 0.3 is 0 Å². The molecule has 0 saturated heterocycles. The van der Waals surface area contributed by atoms with Gasteiger partial charge in [-0.3, -0.25) is 11.5 Å². The highest BCUT2D eigenvalue weighted by Gasteiger charge is 2.40. The van der Waals surface area contributed by atoms with Gasteiger partial charge in [-0.2, -0.15) is 0 Å². The van der Waals surface area contributed by atoms with Crippen LogP contribution in [0.3, 0.4) is 0 Å². The van der Waals surface area contributed by atoms with Gasteiger partial charge in [0.2, 0.25) is 0 Å². The molecule has 0 fully saturated rings. The third kappa shape index (κ3) is 31.1. The van der Waals surface area contributed by atoms with Crippen molar-refractivity contribution in [3.63, 3.8) is 0 Å². The smallest absolute Gasteiger partial charge is 0.199 e. The first-order chi connectivity index (χ1) is 22.4. The fourth-order valence-electron chi connectivity index (χ4n) is 5.90. The second-order valence-electron chi connectivity index (χ2n) is 14.4. The van der Waals surface area contributed by atoms with Crippen LogP contribution in [0.25, 0.3) is 0 Å². The molecule has 46 heavy (non-hydrogen) atoms. The summed E-state index contributed by atoms with van der Waals surface area (Å²) in [5.41, 5.74) is 11.8. The molecule has 0 spiro atoms. The quantitative estimate of drug-likeness (QED) is 0.0505. The minimum absolute atomic E-state index is 0.421. The number of hydrogen-bond acceptors (Lipinski definition) is 6. The maximum absolute atomic E-state index is 6.31. The Morgan fingerprint density at radius 1 is 0.326 bits per heavy atom. The van der Waals surface area contributed by atoms with E-state index in [1.54, 1.807) is 0 Å². The fraction of sp³-hybridized carbons (Fsp3) is 1.00. The minimum Gasteiger partial charge on any atom is -0.379 e. The third-order valence-electron chi connectivity index (χ3n) is 9.48. The second-order valence-corrected chi connectivity index (χ2v) is 14.4. The van der Waals surface area contributed by atoms with Gasteiger partial charge in [-0.1, -0.05) is 181 Å². The van der Waals surface area contributed by atoms with Gasteiger partial charge in [0, 0.05) is 6.61 Å². The summed E-state index contributed by atoms with van der Waals surface area (Å²) in [6.07, 6.45) is 37.9. The summed E-state index contributed by atoms with van der Waals surface area (Å²) in [6, 6.07) is 0. The first-order valence-corrected chi connectivity index (χ1v) is 20.4. The van der Waals surface area contributed by atoms with Gasteiger partial charge in [-0.05, 0) is 26.7 Å². The second kappa shape index (κ2) is 34.6. The van der Waals surface area contributed by atoms with Gasteiger partial charge < -0.3 is 18.9 Å². The molecule has 0 aliphatic rings. The average Bonchev–Trinajstić information content (AvgIpc) is 3.03. The molecule has 6 nitrogen and oxygen atoms in total. The zero-order chi connectivity index (χ0) is 33.9. The lowest BCUT2D eigenvalue weighted by Crippen LogP contribution is -2.67. The highest BCUT2D eigenvalue weighted by Crippen LogP contribution is 2.21. The Bertz CT molecular complexity index is 588. The van der Waals surface area contributed by atoms with E-state index in [0.717, 1.165) is 25.9 Å². The monoisotopic (exact) mass is 657 g/mol. The number of rotatable bonds is 39. The number of hydrogen-bond donors (Lipinski definition) is 2. The highest BCUT2D eigenvalue weighted by molar-refractivity contribution is 4.87. The molecule has 0 aromatic heterocycles. The summed E-state index contributed by atoms with van der Waals surface area (Å²) in [7, 11) is 0. The van der Waals surface area contributed by atoms with E-state index in [0.29, 0.717) is 33.0 Å². The number of nitrogens with two attached hydrogens (primary N) is 2. The molecule has 4 N–H and O–H groups in total. The van der Waals surface area contributed by atoms with Crippen LogP contribution in [-0.4, -0.2) is 51.1 Å². The van der Waals surface area contributed by atoms with Crippen molar-refractivity contribution in [3.8, 4) is 0 Å². The molecule has 0 amide bonds. The summed E-state index contributed by atoms with van der Waals surface area (Å²) in [5.74, 6) is -1.33. The van der Waals surface area contributed by atoms with Crippen LogP contribution < -0.4 is 11.5 Å². The molecule has 0 bridgehead atoms. The van der Waals surface area contributed by atoms with Crippen molar-refractivity contribution in [2.24, 2.45) is 11.5 Å². The predicted molar refractivity (Wildman–Crippen MR) is 199 cm³/mol. The van der Waals surface area contributed by atoms with E-state index < -0.39 is 11.4 Å². The van der Waals surface area contributed by atoms with Crippen molar-refractivity contribution in [2.75, 3.05) is 39.6 Å². The highest BCUT2D eigenvalue weighted by atomic mass is 16.6. The molecule has 0 atom stereocenters. The Balaban J connectivity index is 3.48. The summed E-state index contributed by atoms with van der Waals surface area (Å²) in [5, 5.41) is 0. The van der Waals surface area contributed by atoms with E-state index in [4.69, 9.17) is 30.4 Å². The summed E-state index contributed by atoms with van der Waals surface area (Å²) >= 11 is 0. The largest absolute Gasteiger partial charge is 0.379 e. The van der Waals surface area contributed by atoms with Gasteiger partial charge in [0.15, 0.2) is 5.85 Å². The van der Waals surface area contributed by atoms with Gasteiger partial charge in [-0.15, -0.1) is 0 Å². The molecule has 0 unspecified atom stereocenters. The zero-order valence-corrected chi connectivity index (χ0v) is 31.8. The molecule has 6 heteroatoms. The molecule has 0 aliphatic carbocycles. The van der Waals surface area contributed by atoms with Crippen LogP contribution in [-0.2, 0) is 18.9 Å². The van der Waals surface area contributed by atoms with Crippen LogP contribution in [0.15, 0.2) is 0 Å². The van der Waals surface area contributed by atoms with E-state index in [9.17, 15) is 0 Å². The van der Waals surface area contributed by atoms with Crippen molar-refractivity contribution in [1.29, 1.82) is 0 Å². The summed E-state index contributed by atoms with van der Waals surface area (Å²) in [4.78, 5) is 0. The third-order valence-corrected chi connectivity index (χ3v) is 9.48. The van der Waals surface area contributed by atoms with Crippen LogP contribution in [0, 0.1) is 0 Å². The first-order valence-electron chi connectivity index (χ1n) is 20.4. The van der Waals surface area contributed by atoms with Crippen molar-refractivity contribution in [2.45, 2.75) is 219 Å². The lowest BCUT2D eigenvalue weighted by molar-refractivity contribution is -0.194. The molecule has 0 aromatic carbocycles. The minimum atomic E-state index is -1.33. The molecule has 0 radical (unpaired) electrons. The normalized spacial score (nSPS) is 12.4. The van der Waals surface area contributed by atoms with Gasteiger partial charge in [0.05, 0.1) is 33.0 Å². The van der Waals surface area contributed by atoms with Crippen LogP contribution in [0.2, 0.25) is 0 Å². The van der Waals surface area contributed by atoms with Crippen LogP contribution in [0.4, 0.5) is 0 Å². The van der Waals surface area contributed by atoms with Gasteiger partial charge in [0.1, 0.15) is 5.60 Å². The molecule has 0 saturated carbocycles. The SMILES string of the molecule is CCCCCCCCCCCCCCCCOCCOCCOC(C)(C)C(N)(N)OCCCCCCCCCCCCCCCC.